The highest BCUT2D eigenvalue weighted by atomic mass is 19.1. The van der Waals surface area contributed by atoms with Crippen molar-refractivity contribution >= 4 is 5.91 Å². The smallest absolute Gasteiger partial charge is 0.271 e. The molecule has 27 heavy (non-hydrogen) atoms. The molecule has 1 atom stereocenters. The van der Waals surface area contributed by atoms with Gasteiger partial charge in [0.1, 0.15) is 6.04 Å². The highest BCUT2D eigenvalue weighted by Gasteiger charge is 2.21. The van der Waals surface area contributed by atoms with Crippen molar-refractivity contribution in [3.05, 3.63) is 88.3 Å². The van der Waals surface area contributed by atoms with E-state index in [9.17, 15) is 18.4 Å². The summed E-state index contributed by atoms with van der Waals surface area (Å²) in [5.74, 6) is -3.38. The van der Waals surface area contributed by atoms with Crippen LogP contribution >= 0.6 is 0 Å². The number of amides is 1. The van der Waals surface area contributed by atoms with Crippen molar-refractivity contribution in [1.82, 2.24) is 9.78 Å². The summed E-state index contributed by atoms with van der Waals surface area (Å²) in [5.41, 5.74) is 5.52. The van der Waals surface area contributed by atoms with Crippen LogP contribution in [0.1, 0.15) is 11.6 Å². The van der Waals surface area contributed by atoms with Crippen molar-refractivity contribution in [3.63, 3.8) is 0 Å². The molecule has 8 heteroatoms. The van der Waals surface area contributed by atoms with Gasteiger partial charge in [0.05, 0.1) is 6.20 Å². The molecule has 0 fully saturated rings. The van der Waals surface area contributed by atoms with Crippen molar-refractivity contribution in [1.29, 1.82) is 0 Å². The van der Waals surface area contributed by atoms with Crippen molar-refractivity contribution < 1.29 is 18.3 Å². The van der Waals surface area contributed by atoms with Crippen LogP contribution in [0.15, 0.2) is 65.6 Å². The van der Waals surface area contributed by atoms with Gasteiger partial charge >= 0.3 is 0 Å². The van der Waals surface area contributed by atoms with Gasteiger partial charge in [-0.25, -0.2) is 13.5 Å². The van der Waals surface area contributed by atoms with Crippen LogP contribution in [0.2, 0.25) is 0 Å². The van der Waals surface area contributed by atoms with E-state index in [0.717, 1.165) is 34.6 Å². The molecule has 0 radical (unpaired) electrons. The van der Waals surface area contributed by atoms with Crippen LogP contribution in [0.4, 0.5) is 8.78 Å². The minimum absolute atomic E-state index is 0.164. The van der Waals surface area contributed by atoms with E-state index in [4.69, 9.17) is 10.5 Å². The first-order valence-corrected chi connectivity index (χ1v) is 7.99. The molecule has 0 aliphatic heterocycles. The van der Waals surface area contributed by atoms with Crippen LogP contribution in [0.5, 0.6) is 11.5 Å². The van der Waals surface area contributed by atoms with E-state index in [-0.39, 0.29) is 12.2 Å². The number of benzene rings is 2. The third kappa shape index (κ3) is 4.17. The molecule has 6 nitrogen and oxygen atoms in total. The summed E-state index contributed by atoms with van der Waals surface area (Å²) in [5, 5.41) is 3.88. The lowest BCUT2D eigenvalue weighted by atomic mass is 10.1. The molecule has 0 saturated carbocycles. The average molecular weight is 371 g/mol. The number of hydrogen-bond donors (Lipinski definition) is 1. The molecule has 0 aliphatic carbocycles. The fourth-order valence-electron chi connectivity index (χ4n) is 2.53. The second-order valence-electron chi connectivity index (χ2n) is 5.73. The average Bonchev–Trinajstić information content (AvgIpc) is 2.64. The number of halogens is 2. The number of carbonyl (C=O) groups excluding carboxylic acids is 1. The number of ether oxygens (including phenoxy) is 1. The number of para-hydroxylation sites is 1. The number of hydrogen-bond acceptors (Lipinski definition) is 4. The zero-order valence-electron chi connectivity index (χ0n) is 14.0. The highest BCUT2D eigenvalue weighted by molar-refractivity contribution is 5.78. The quantitative estimate of drug-likeness (QED) is 0.721. The predicted molar refractivity (Wildman–Crippen MR) is 93.3 cm³/mol. The summed E-state index contributed by atoms with van der Waals surface area (Å²) in [6.45, 7) is 0. The van der Waals surface area contributed by atoms with Crippen LogP contribution in [0.3, 0.4) is 0 Å². The van der Waals surface area contributed by atoms with Crippen LogP contribution in [-0.4, -0.2) is 15.7 Å². The molecule has 1 aromatic heterocycles. The first-order chi connectivity index (χ1) is 13.0. The Balaban J connectivity index is 1.89. The van der Waals surface area contributed by atoms with Gasteiger partial charge < -0.3 is 10.5 Å². The summed E-state index contributed by atoms with van der Waals surface area (Å²) in [7, 11) is 0. The van der Waals surface area contributed by atoms with Crippen molar-refractivity contribution in [2.24, 2.45) is 5.73 Å². The molecule has 3 rings (SSSR count). The first-order valence-electron chi connectivity index (χ1n) is 7.99. The lowest BCUT2D eigenvalue weighted by Gasteiger charge is -2.16. The zero-order chi connectivity index (χ0) is 19.4. The Bertz CT molecular complexity index is 1000. The van der Waals surface area contributed by atoms with E-state index in [1.165, 1.54) is 6.07 Å². The molecule has 0 saturated heterocycles. The lowest BCUT2D eigenvalue weighted by Crippen LogP contribution is -2.36. The predicted octanol–water partition coefficient (Wildman–Crippen LogP) is 2.58. The van der Waals surface area contributed by atoms with Gasteiger partial charge in [-0.1, -0.05) is 36.4 Å². The summed E-state index contributed by atoms with van der Waals surface area (Å²) in [4.78, 5) is 24.2. The molecule has 0 aliphatic rings. The molecule has 3 aromatic rings. The maximum absolute atomic E-state index is 13.7. The fraction of sp³-hybridized carbons (Fsp3) is 0.105. The summed E-state index contributed by atoms with van der Waals surface area (Å²) in [6, 6.07) is 12.2. The number of nitrogens with zero attached hydrogens (tertiary/aromatic N) is 2. The van der Waals surface area contributed by atoms with Crippen molar-refractivity contribution in [2.75, 3.05) is 0 Å². The molecular weight excluding hydrogens is 356 g/mol. The largest absolute Gasteiger partial charge is 0.449 e. The Morgan fingerprint density at radius 2 is 1.78 bits per heavy atom. The maximum atomic E-state index is 13.7. The standard InChI is InChI=1S/C19H15F2N3O3/c20-14-7-4-8-15(21)18(14)27-13-10-17(25)24(23-11-13)16(19(22)26)9-12-5-2-1-3-6-12/h1-8,10-11,16H,9H2,(H2,22,26). The van der Waals surface area contributed by atoms with E-state index in [0.29, 0.717) is 0 Å². The lowest BCUT2D eigenvalue weighted by molar-refractivity contribution is -0.121. The Morgan fingerprint density at radius 1 is 1.11 bits per heavy atom. The molecule has 1 amide bonds. The number of aromatic nitrogens is 2. The third-order valence-electron chi connectivity index (χ3n) is 3.84. The number of primary amides is 1. The molecule has 0 spiro atoms. The van der Waals surface area contributed by atoms with E-state index in [1.807, 2.05) is 6.07 Å². The topological polar surface area (TPSA) is 87.2 Å². The number of rotatable bonds is 6. The molecule has 1 heterocycles. The van der Waals surface area contributed by atoms with Gasteiger partial charge in [-0.3, -0.25) is 9.59 Å². The van der Waals surface area contributed by atoms with E-state index in [2.05, 4.69) is 5.10 Å². The van der Waals surface area contributed by atoms with Crippen LogP contribution in [0.25, 0.3) is 0 Å². The Labute approximate surface area is 152 Å². The van der Waals surface area contributed by atoms with Crippen LogP contribution in [0, 0.1) is 11.6 Å². The Hall–Kier alpha value is -3.55. The van der Waals surface area contributed by atoms with Crippen LogP contribution in [-0.2, 0) is 11.2 Å². The number of carbonyl (C=O) groups is 1. The third-order valence-corrected chi connectivity index (χ3v) is 3.84. The summed E-state index contributed by atoms with van der Waals surface area (Å²) >= 11 is 0. The van der Waals surface area contributed by atoms with Crippen molar-refractivity contribution in [3.8, 4) is 11.5 Å². The van der Waals surface area contributed by atoms with E-state index >= 15 is 0 Å². The highest BCUT2D eigenvalue weighted by Crippen LogP contribution is 2.26. The summed E-state index contributed by atoms with van der Waals surface area (Å²) in [6.07, 6.45) is 1.26. The van der Waals surface area contributed by atoms with Gasteiger partial charge in [-0.15, -0.1) is 0 Å². The molecular formula is C19H15F2N3O3. The normalized spacial score (nSPS) is 11.8. The van der Waals surface area contributed by atoms with Gasteiger partial charge in [0.2, 0.25) is 5.91 Å². The minimum Gasteiger partial charge on any atom is -0.449 e. The molecule has 0 bridgehead atoms. The maximum Gasteiger partial charge on any atom is 0.271 e. The Kier molecular flexibility index (Phi) is 5.25. The van der Waals surface area contributed by atoms with E-state index in [1.54, 1.807) is 24.3 Å². The molecule has 2 aromatic carbocycles. The van der Waals surface area contributed by atoms with Gasteiger partial charge in [0.25, 0.3) is 5.56 Å². The summed E-state index contributed by atoms with van der Waals surface area (Å²) < 4.78 is 33.3. The molecule has 1 unspecified atom stereocenters. The molecule has 138 valence electrons. The first kappa shape index (κ1) is 18.2. The van der Waals surface area contributed by atoms with Gasteiger partial charge in [-0.05, 0) is 17.7 Å². The van der Waals surface area contributed by atoms with Gasteiger partial charge in [0, 0.05) is 12.5 Å². The van der Waals surface area contributed by atoms with E-state index < -0.39 is 34.9 Å². The monoisotopic (exact) mass is 371 g/mol. The number of nitrogens with two attached hydrogens (primary N) is 1. The second kappa shape index (κ2) is 7.77. The van der Waals surface area contributed by atoms with Gasteiger partial charge in [0.15, 0.2) is 23.1 Å². The fourth-order valence-corrected chi connectivity index (χ4v) is 2.53. The van der Waals surface area contributed by atoms with Crippen LogP contribution < -0.4 is 16.0 Å². The Morgan fingerprint density at radius 3 is 2.37 bits per heavy atom. The zero-order valence-corrected chi connectivity index (χ0v) is 14.0. The molecule has 2 N–H and O–H groups in total. The SMILES string of the molecule is NC(=O)C(Cc1ccccc1)n1ncc(Oc2c(F)cccc2F)cc1=O. The minimum atomic E-state index is -1.01. The second-order valence-corrected chi connectivity index (χ2v) is 5.73. The van der Waals surface area contributed by atoms with Gasteiger partial charge in [-0.2, -0.15) is 5.10 Å². The van der Waals surface area contributed by atoms with Crippen molar-refractivity contribution in [2.45, 2.75) is 12.5 Å².